The second kappa shape index (κ2) is 7.33. The first-order valence-electron chi connectivity index (χ1n) is 10.6. The number of nitrogens with zero attached hydrogens (tertiary/aromatic N) is 1. The zero-order valence-corrected chi connectivity index (χ0v) is 18.1. The van der Waals surface area contributed by atoms with Gasteiger partial charge in [-0.1, -0.05) is 25.5 Å². The summed E-state index contributed by atoms with van der Waals surface area (Å²) in [6.45, 7) is 8.58. The summed E-state index contributed by atoms with van der Waals surface area (Å²) in [7, 11) is 2.01. The smallest absolute Gasteiger partial charge is 0.253 e. The van der Waals surface area contributed by atoms with Crippen LogP contribution in [0.25, 0.3) is 10.9 Å². The lowest BCUT2D eigenvalue weighted by molar-refractivity contribution is -0.115. The Morgan fingerprint density at radius 1 is 1.24 bits per heavy atom. The highest BCUT2D eigenvalue weighted by Gasteiger charge is 2.27. The predicted octanol–water partition coefficient (Wildman–Crippen LogP) is 5.14. The number of Topliss-reactive ketones (excluding diaryl/α,β-unsaturated/α-hetero) is 1. The molecule has 0 spiro atoms. The van der Waals surface area contributed by atoms with Gasteiger partial charge in [0.05, 0.1) is 11.1 Å². The molecule has 29 heavy (non-hydrogen) atoms. The van der Waals surface area contributed by atoms with E-state index >= 15 is 0 Å². The highest BCUT2D eigenvalue weighted by atomic mass is 16.2. The van der Waals surface area contributed by atoms with E-state index in [-0.39, 0.29) is 18.2 Å². The zero-order chi connectivity index (χ0) is 20.9. The molecule has 2 aliphatic rings. The van der Waals surface area contributed by atoms with Gasteiger partial charge in [-0.2, -0.15) is 0 Å². The average molecular weight is 391 g/mol. The molecule has 1 fully saturated rings. The minimum absolute atomic E-state index is 0.103. The molecular weight excluding hydrogens is 360 g/mol. The van der Waals surface area contributed by atoms with Gasteiger partial charge in [0.15, 0.2) is 5.78 Å². The van der Waals surface area contributed by atoms with E-state index in [1.54, 1.807) is 0 Å². The van der Waals surface area contributed by atoms with Crippen molar-refractivity contribution >= 4 is 22.6 Å². The highest BCUT2D eigenvalue weighted by molar-refractivity contribution is 6.08. The van der Waals surface area contributed by atoms with Crippen molar-refractivity contribution in [1.82, 2.24) is 9.88 Å². The molecule has 0 bridgehead atoms. The molecule has 152 valence electrons. The van der Waals surface area contributed by atoms with E-state index in [9.17, 15) is 9.59 Å². The van der Waals surface area contributed by atoms with E-state index in [0.29, 0.717) is 29.4 Å². The molecule has 0 atom stereocenters. The zero-order valence-electron chi connectivity index (χ0n) is 18.1. The molecule has 2 aliphatic carbocycles. The second-order valence-electron chi connectivity index (χ2n) is 9.02. The number of carbonyl (C=O) groups is 2. The number of fused-ring (bicyclic) bond motifs is 1. The molecule has 4 heteroatoms. The summed E-state index contributed by atoms with van der Waals surface area (Å²) in [6, 6.07) is 4.34. The van der Waals surface area contributed by atoms with E-state index < -0.39 is 0 Å². The van der Waals surface area contributed by atoms with Crippen LogP contribution in [-0.4, -0.2) is 22.8 Å². The van der Waals surface area contributed by atoms with Crippen LogP contribution < -0.4 is 5.32 Å². The molecule has 1 amide bonds. The number of aryl methyl sites for hydroxylation is 1. The molecule has 0 aliphatic heterocycles. The number of hydrogen-bond acceptors (Lipinski definition) is 2. The summed E-state index contributed by atoms with van der Waals surface area (Å²) in [4.78, 5) is 25.6. The van der Waals surface area contributed by atoms with Gasteiger partial charge in [-0.05, 0) is 67.4 Å². The Hall–Kier alpha value is -2.62. The Balaban J connectivity index is 1.70. The first-order chi connectivity index (χ1) is 13.8. The van der Waals surface area contributed by atoms with Crippen LogP contribution in [0, 0.1) is 0 Å². The number of carbonyl (C=O) groups excluding carboxylic acids is 2. The largest absolute Gasteiger partial charge is 0.350 e. The van der Waals surface area contributed by atoms with Crippen molar-refractivity contribution in [2.24, 2.45) is 7.05 Å². The highest BCUT2D eigenvalue weighted by Crippen LogP contribution is 2.43. The Bertz CT molecular complexity index is 1080. The molecule has 4 rings (SSSR count). The van der Waals surface area contributed by atoms with Crippen molar-refractivity contribution in [2.45, 2.75) is 58.8 Å². The van der Waals surface area contributed by atoms with Crippen molar-refractivity contribution in [2.75, 3.05) is 6.54 Å². The third-order valence-electron chi connectivity index (χ3n) is 6.18. The maximum Gasteiger partial charge on any atom is 0.253 e. The minimum Gasteiger partial charge on any atom is -0.350 e. The van der Waals surface area contributed by atoms with Gasteiger partial charge in [-0.3, -0.25) is 9.59 Å². The van der Waals surface area contributed by atoms with Crippen molar-refractivity contribution in [3.05, 3.63) is 57.8 Å². The van der Waals surface area contributed by atoms with Gasteiger partial charge < -0.3 is 9.88 Å². The molecule has 0 unspecified atom stereocenters. The second-order valence-corrected chi connectivity index (χ2v) is 9.02. The van der Waals surface area contributed by atoms with Crippen LogP contribution in [-0.2, 0) is 11.8 Å². The van der Waals surface area contributed by atoms with E-state index in [4.69, 9.17) is 0 Å². The van der Waals surface area contributed by atoms with Gasteiger partial charge in [-0.25, -0.2) is 0 Å². The minimum atomic E-state index is -0.103. The molecule has 1 saturated carbocycles. The third-order valence-corrected chi connectivity index (χ3v) is 6.18. The lowest BCUT2D eigenvalue weighted by atomic mass is 9.92. The lowest BCUT2D eigenvalue weighted by Crippen LogP contribution is -2.29. The van der Waals surface area contributed by atoms with Crippen LogP contribution in [0.3, 0.4) is 0 Å². The number of allylic oxidation sites excluding steroid dienone is 3. The molecule has 1 aromatic carbocycles. The third kappa shape index (κ3) is 3.68. The Kier molecular flexibility index (Phi) is 4.97. The SMILES string of the molecule is CC1=CC(C)=C(CNC(=O)c2cc(C3CC3)cc3c(C(C)C)cn(C)c23)C(=O)C1. The van der Waals surface area contributed by atoms with Crippen LogP contribution in [0.2, 0.25) is 0 Å². The van der Waals surface area contributed by atoms with Crippen molar-refractivity contribution in [1.29, 1.82) is 0 Å². The maximum atomic E-state index is 13.2. The molecule has 0 radical (unpaired) electrons. The molecule has 4 nitrogen and oxygen atoms in total. The molecular formula is C25H30N2O2. The van der Waals surface area contributed by atoms with Gasteiger partial charge in [0.2, 0.25) is 0 Å². The van der Waals surface area contributed by atoms with Crippen LogP contribution in [0.1, 0.15) is 80.3 Å². The lowest BCUT2D eigenvalue weighted by Gasteiger charge is -2.17. The van der Waals surface area contributed by atoms with Crippen LogP contribution in [0.4, 0.5) is 0 Å². The molecule has 2 aromatic rings. The fourth-order valence-electron chi connectivity index (χ4n) is 4.47. The number of amides is 1. The number of benzene rings is 1. The Labute approximate surface area is 172 Å². The van der Waals surface area contributed by atoms with Crippen molar-refractivity contribution < 1.29 is 9.59 Å². The van der Waals surface area contributed by atoms with Gasteiger partial charge in [0.1, 0.15) is 0 Å². The number of nitrogens with one attached hydrogen (secondary N) is 1. The summed E-state index contributed by atoms with van der Waals surface area (Å²) < 4.78 is 2.07. The summed E-state index contributed by atoms with van der Waals surface area (Å²) in [6.07, 6.45) is 7.03. The Morgan fingerprint density at radius 2 is 1.97 bits per heavy atom. The fraction of sp³-hybridized carbons (Fsp3) is 0.440. The molecule has 0 saturated heterocycles. The van der Waals surface area contributed by atoms with Gasteiger partial charge in [0.25, 0.3) is 5.91 Å². The summed E-state index contributed by atoms with van der Waals surface area (Å²) in [5.41, 5.74) is 6.98. The van der Waals surface area contributed by atoms with Crippen molar-refractivity contribution in [3.63, 3.8) is 0 Å². The fourth-order valence-corrected chi connectivity index (χ4v) is 4.47. The summed E-state index contributed by atoms with van der Waals surface area (Å²) >= 11 is 0. The van der Waals surface area contributed by atoms with E-state index in [2.05, 4.69) is 42.1 Å². The molecule has 1 heterocycles. The van der Waals surface area contributed by atoms with Gasteiger partial charge in [0, 0.05) is 37.2 Å². The van der Waals surface area contributed by atoms with Gasteiger partial charge >= 0.3 is 0 Å². The Morgan fingerprint density at radius 3 is 2.59 bits per heavy atom. The first kappa shape index (κ1) is 19.7. The molecule has 1 N–H and O–H groups in total. The van der Waals surface area contributed by atoms with E-state index in [0.717, 1.165) is 16.7 Å². The number of rotatable bonds is 5. The van der Waals surface area contributed by atoms with Crippen molar-refractivity contribution in [3.8, 4) is 0 Å². The van der Waals surface area contributed by atoms with E-state index in [1.165, 1.54) is 29.4 Å². The number of hydrogen-bond donors (Lipinski definition) is 1. The summed E-state index contributed by atoms with van der Waals surface area (Å²) in [5.74, 6) is 0.977. The first-order valence-corrected chi connectivity index (χ1v) is 10.6. The van der Waals surface area contributed by atoms with Gasteiger partial charge in [-0.15, -0.1) is 0 Å². The number of ketones is 1. The monoisotopic (exact) mass is 390 g/mol. The van der Waals surface area contributed by atoms with Crippen LogP contribution in [0.15, 0.2) is 41.1 Å². The average Bonchev–Trinajstić information content (AvgIpc) is 3.44. The predicted molar refractivity (Wildman–Crippen MR) is 117 cm³/mol. The maximum absolute atomic E-state index is 13.2. The van der Waals surface area contributed by atoms with Crippen LogP contribution >= 0.6 is 0 Å². The quantitative estimate of drug-likeness (QED) is 0.768. The molecule has 1 aromatic heterocycles. The summed E-state index contributed by atoms with van der Waals surface area (Å²) in [5, 5.41) is 4.21. The topological polar surface area (TPSA) is 51.1 Å². The standard InChI is InChI=1S/C25H30N2O2/c1-14(2)22-13-27(5)24-19(22)10-18(17-6-7-17)11-20(24)25(29)26-12-21-16(4)8-15(3)9-23(21)28/h8,10-11,13-14,17H,6-7,9,12H2,1-5H3,(H,26,29). The number of aromatic nitrogens is 1. The van der Waals surface area contributed by atoms with Crippen LogP contribution in [0.5, 0.6) is 0 Å². The normalized spacial score (nSPS) is 17.3. The van der Waals surface area contributed by atoms with E-state index in [1.807, 2.05) is 27.0 Å².